The average Bonchev–Trinajstić information content (AvgIpc) is 2.63. The van der Waals surface area contributed by atoms with Crippen molar-refractivity contribution in [1.29, 1.82) is 0 Å². The fourth-order valence-electron chi connectivity index (χ4n) is 1.88. The molecule has 1 aliphatic heterocycles. The first-order chi connectivity index (χ1) is 8.24. The number of para-hydroxylation sites is 1. The lowest BCUT2D eigenvalue weighted by Crippen LogP contribution is -2.39. The summed E-state index contributed by atoms with van der Waals surface area (Å²) in [5.74, 6) is 0.310. The number of thiol groups is 1. The standard InChI is InChI=1S/C12H14N2O2S/c15-11-8-10(13-6-7-17)12(16)14(11)9-4-2-1-3-5-9/h1-5,10,13,17H,6-8H2. The number of imide groups is 1. The fourth-order valence-corrected chi connectivity index (χ4v) is 2.01. The van der Waals surface area contributed by atoms with Gasteiger partial charge in [-0.05, 0) is 12.1 Å². The van der Waals surface area contributed by atoms with Crippen LogP contribution in [0.2, 0.25) is 0 Å². The molecule has 1 saturated heterocycles. The first-order valence-electron chi connectivity index (χ1n) is 5.50. The molecule has 0 radical (unpaired) electrons. The largest absolute Gasteiger partial charge is 0.305 e. The van der Waals surface area contributed by atoms with Crippen LogP contribution in [0.4, 0.5) is 5.69 Å². The molecule has 0 bridgehead atoms. The van der Waals surface area contributed by atoms with Crippen LogP contribution in [-0.4, -0.2) is 30.2 Å². The summed E-state index contributed by atoms with van der Waals surface area (Å²) in [7, 11) is 0. The van der Waals surface area contributed by atoms with Crippen LogP contribution in [0.25, 0.3) is 0 Å². The van der Waals surface area contributed by atoms with Crippen LogP contribution in [0.1, 0.15) is 6.42 Å². The number of nitrogens with zero attached hydrogens (tertiary/aromatic N) is 1. The first kappa shape index (κ1) is 12.1. The Morgan fingerprint density at radius 2 is 2.00 bits per heavy atom. The van der Waals surface area contributed by atoms with E-state index in [1.165, 1.54) is 4.90 Å². The van der Waals surface area contributed by atoms with Gasteiger partial charge in [0, 0.05) is 12.3 Å². The Balaban J connectivity index is 2.15. The lowest BCUT2D eigenvalue weighted by atomic mass is 10.2. The zero-order chi connectivity index (χ0) is 12.3. The van der Waals surface area contributed by atoms with Crippen LogP contribution in [-0.2, 0) is 9.59 Å². The van der Waals surface area contributed by atoms with E-state index >= 15 is 0 Å². The van der Waals surface area contributed by atoms with Crippen LogP contribution >= 0.6 is 12.6 Å². The van der Waals surface area contributed by atoms with Crippen molar-refractivity contribution in [2.45, 2.75) is 12.5 Å². The fraction of sp³-hybridized carbons (Fsp3) is 0.333. The number of amides is 2. The number of rotatable bonds is 4. The van der Waals surface area contributed by atoms with E-state index in [-0.39, 0.29) is 18.2 Å². The molecule has 1 heterocycles. The van der Waals surface area contributed by atoms with Crippen LogP contribution in [0.5, 0.6) is 0 Å². The van der Waals surface area contributed by atoms with Crippen LogP contribution in [0, 0.1) is 0 Å². The molecule has 17 heavy (non-hydrogen) atoms. The van der Waals surface area contributed by atoms with Crippen molar-refractivity contribution < 1.29 is 9.59 Å². The predicted molar refractivity (Wildman–Crippen MR) is 69.2 cm³/mol. The van der Waals surface area contributed by atoms with Gasteiger partial charge in [0.2, 0.25) is 5.91 Å². The maximum atomic E-state index is 12.0. The monoisotopic (exact) mass is 250 g/mol. The highest BCUT2D eigenvalue weighted by Gasteiger charge is 2.38. The molecule has 4 nitrogen and oxygen atoms in total. The van der Waals surface area contributed by atoms with Gasteiger partial charge in [-0.3, -0.25) is 9.59 Å². The van der Waals surface area contributed by atoms with Crippen molar-refractivity contribution in [3.63, 3.8) is 0 Å². The smallest absolute Gasteiger partial charge is 0.251 e. The Bertz CT molecular complexity index is 422. The number of hydrogen-bond donors (Lipinski definition) is 2. The summed E-state index contributed by atoms with van der Waals surface area (Å²) in [4.78, 5) is 25.1. The van der Waals surface area contributed by atoms with Gasteiger partial charge in [0.1, 0.15) is 0 Å². The summed E-state index contributed by atoms with van der Waals surface area (Å²) in [5, 5.41) is 3.02. The van der Waals surface area contributed by atoms with Gasteiger partial charge in [-0.25, -0.2) is 4.90 Å². The molecule has 90 valence electrons. The number of nitrogens with one attached hydrogen (secondary N) is 1. The minimum atomic E-state index is -0.408. The SMILES string of the molecule is O=C1CC(NCCS)C(=O)N1c1ccccc1. The van der Waals surface area contributed by atoms with E-state index in [4.69, 9.17) is 0 Å². The van der Waals surface area contributed by atoms with Crippen molar-refractivity contribution in [3.05, 3.63) is 30.3 Å². The topological polar surface area (TPSA) is 49.4 Å². The second kappa shape index (κ2) is 5.33. The number of carbonyl (C=O) groups is 2. The third kappa shape index (κ3) is 2.50. The third-order valence-corrected chi connectivity index (χ3v) is 2.89. The highest BCUT2D eigenvalue weighted by Crippen LogP contribution is 2.22. The molecule has 1 aromatic carbocycles. The highest BCUT2D eigenvalue weighted by molar-refractivity contribution is 7.80. The van der Waals surface area contributed by atoms with Gasteiger partial charge in [0.15, 0.2) is 0 Å². The van der Waals surface area contributed by atoms with Gasteiger partial charge in [-0.15, -0.1) is 0 Å². The molecule has 0 spiro atoms. The highest BCUT2D eigenvalue weighted by atomic mass is 32.1. The van der Waals surface area contributed by atoms with E-state index in [1.807, 2.05) is 18.2 Å². The Hall–Kier alpha value is -1.33. The zero-order valence-electron chi connectivity index (χ0n) is 9.30. The molecule has 1 aromatic rings. The van der Waals surface area contributed by atoms with Crippen LogP contribution in [0.3, 0.4) is 0 Å². The van der Waals surface area contributed by atoms with E-state index in [0.717, 1.165) is 0 Å². The quantitative estimate of drug-likeness (QED) is 0.615. The molecular weight excluding hydrogens is 236 g/mol. The molecule has 1 aliphatic rings. The molecule has 0 aromatic heterocycles. The van der Waals surface area contributed by atoms with E-state index in [0.29, 0.717) is 18.0 Å². The van der Waals surface area contributed by atoms with E-state index in [1.54, 1.807) is 12.1 Å². The number of anilines is 1. The molecule has 0 aliphatic carbocycles. The van der Waals surface area contributed by atoms with Gasteiger partial charge in [-0.1, -0.05) is 18.2 Å². The van der Waals surface area contributed by atoms with Crippen LogP contribution in [0.15, 0.2) is 30.3 Å². The molecule has 1 N–H and O–H groups in total. The number of carbonyl (C=O) groups excluding carboxylic acids is 2. The molecule has 1 unspecified atom stereocenters. The summed E-state index contributed by atoms with van der Waals surface area (Å²) < 4.78 is 0. The Labute approximate surface area is 105 Å². The second-order valence-corrected chi connectivity index (χ2v) is 4.28. The van der Waals surface area contributed by atoms with Crippen molar-refractivity contribution in [2.75, 3.05) is 17.2 Å². The second-order valence-electron chi connectivity index (χ2n) is 3.84. The van der Waals surface area contributed by atoms with Crippen molar-refractivity contribution in [2.24, 2.45) is 0 Å². The summed E-state index contributed by atoms with van der Waals surface area (Å²) in [6.45, 7) is 0.620. The maximum absolute atomic E-state index is 12.0. The minimum absolute atomic E-state index is 0.155. The third-order valence-electron chi connectivity index (χ3n) is 2.66. The molecule has 0 saturated carbocycles. The maximum Gasteiger partial charge on any atom is 0.251 e. The number of benzene rings is 1. The lowest BCUT2D eigenvalue weighted by Gasteiger charge is -2.15. The van der Waals surface area contributed by atoms with Gasteiger partial charge in [0.05, 0.1) is 18.2 Å². The van der Waals surface area contributed by atoms with Gasteiger partial charge in [-0.2, -0.15) is 12.6 Å². The van der Waals surface area contributed by atoms with E-state index in [9.17, 15) is 9.59 Å². The van der Waals surface area contributed by atoms with Crippen molar-refractivity contribution >= 4 is 30.1 Å². The Kier molecular flexibility index (Phi) is 3.81. The summed E-state index contributed by atoms with van der Waals surface area (Å²) >= 11 is 4.07. The summed E-state index contributed by atoms with van der Waals surface area (Å²) in [5.41, 5.74) is 0.637. The summed E-state index contributed by atoms with van der Waals surface area (Å²) in [6.07, 6.45) is 0.224. The summed E-state index contributed by atoms with van der Waals surface area (Å²) in [6, 6.07) is 8.59. The van der Waals surface area contributed by atoms with E-state index < -0.39 is 6.04 Å². The molecular formula is C12H14N2O2S. The lowest BCUT2D eigenvalue weighted by molar-refractivity contribution is -0.121. The van der Waals surface area contributed by atoms with Gasteiger partial charge >= 0.3 is 0 Å². The minimum Gasteiger partial charge on any atom is -0.305 e. The molecule has 2 rings (SSSR count). The predicted octanol–water partition coefficient (Wildman–Crippen LogP) is 0.838. The normalized spacial score (nSPS) is 20.1. The first-order valence-corrected chi connectivity index (χ1v) is 6.13. The van der Waals surface area contributed by atoms with E-state index in [2.05, 4.69) is 17.9 Å². The molecule has 5 heteroatoms. The molecule has 1 fully saturated rings. The van der Waals surface area contributed by atoms with Crippen molar-refractivity contribution in [3.8, 4) is 0 Å². The molecule has 2 amide bonds. The van der Waals surface area contributed by atoms with Gasteiger partial charge < -0.3 is 5.32 Å². The Morgan fingerprint density at radius 3 is 2.65 bits per heavy atom. The van der Waals surface area contributed by atoms with Gasteiger partial charge in [0.25, 0.3) is 5.91 Å². The molecule has 1 atom stereocenters. The number of hydrogen-bond acceptors (Lipinski definition) is 4. The van der Waals surface area contributed by atoms with Crippen molar-refractivity contribution in [1.82, 2.24) is 5.32 Å². The Morgan fingerprint density at radius 1 is 1.29 bits per heavy atom. The van der Waals surface area contributed by atoms with Crippen LogP contribution < -0.4 is 10.2 Å². The zero-order valence-corrected chi connectivity index (χ0v) is 10.2. The average molecular weight is 250 g/mol.